The molecule has 3 heteroatoms. The van der Waals surface area contributed by atoms with Crippen LogP contribution >= 0.6 is 11.8 Å². The van der Waals surface area contributed by atoms with Crippen molar-refractivity contribution in [2.45, 2.75) is 32.2 Å². The third-order valence-corrected chi connectivity index (χ3v) is 4.06. The molecule has 2 nitrogen and oxygen atoms in total. The molecule has 90 valence electrons. The topological polar surface area (TPSA) is 15.3 Å². The molecule has 0 aromatic carbocycles. The molecule has 0 saturated carbocycles. The molecule has 1 aliphatic heterocycles. The van der Waals surface area contributed by atoms with Crippen LogP contribution in [-0.2, 0) is 0 Å². The summed E-state index contributed by atoms with van der Waals surface area (Å²) in [6, 6.07) is 0.689. The van der Waals surface area contributed by atoms with Crippen LogP contribution in [0.15, 0.2) is 0 Å². The van der Waals surface area contributed by atoms with Gasteiger partial charge in [-0.25, -0.2) is 0 Å². The lowest BCUT2D eigenvalue weighted by molar-refractivity contribution is 0.179. The number of nitrogens with zero attached hydrogens (tertiary/aromatic N) is 1. The van der Waals surface area contributed by atoms with E-state index in [9.17, 15) is 0 Å². The Morgan fingerprint density at radius 1 is 1.53 bits per heavy atom. The lowest BCUT2D eigenvalue weighted by Crippen LogP contribution is -2.43. The van der Waals surface area contributed by atoms with Gasteiger partial charge in [-0.2, -0.15) is 11.8 Å². The first-order valence-electron chi connectivity index (χ1n) is 6.15. The number of likely N-dealkylation sites (tertiary alicyclic amines) is 1. The van der Waals surface area contributed by atoms with Gasteiger partial charge in [-0.15, -0.1) is 0 Å². The normalized spacial score (nSPS) is 25.4. The average Bonchev–Trinajstić information content (AvgIpc) is 2.24. The third kappa shape index (κ3) is 5.23. The molecule has 2 unspecified atom stereocenters. The van der Waals surface area contributed by atoms with Gasteiger partial charge in [-0.3, -0.25) is 0 Å². The maximum absolute atomic E-state index is 3.67. The van der Waals surface area contributed by atoms with Crippen LogP contribution in [0, 0.1) is 5.92 Å². The molecule has 0 aliphatic carbocycles. The summed E-state index contributed by atoms with van der Waals surface area (Å²) < 4.78 is 0. The van der Waals surface area contributed by atoms with Crippen molar-refractivity contribution in [1.82, 2.24) is 10.2 Å². The van der Waals surface area contributed by atoms with Crippen LogP contribution in [0.4, 0.5) is 0 Å². The summed E-state index contributed by atoms with van der Waals surface area (Å²) in [7, 11) is 2.24. The van der Waals surface area contributed by atoms with Gasteiger partial charge >= 0.3 is 0 Å². The monoisotopic (exact) mass is 230 g/mol. The average molecular weight is 230 g/mol. The Morgan fingerprint density at radius 2 is 2.33 bits per heavy atom. The number of hydrogen-bond acceptors (Lipinski definition) is 3. The van der Waals surface area contributed by atoms with Gasteiger partial charge in [0.1, 0.15) is 0 Å². The van der Waals surface area contributed by atoms with Crippen LogP contribution in [0.5, 0.6) is 0 Å². The van der Waals surface area contributed by atoms with Gasteiger partial charge in [0.05, 0.1) is 0 Å². The quantitative estimate of drug-likeness (QED) is 0.703. The number of rotatable bonds is 6. The Bertz CT molecular complexity index is 164. The van der Waals surface area contributed by atoms with Crippen LogP contribution in [0.2, 0.25) is 0 Å². The van der Waals surface area contributed by atoms with Crippen molar-refractivity contribution in [2.75, 3.05) is 38.7 Å². The van der Waals surface area contributed by atoms with E-state index >= 15 is 0 Å². The van der Waals surface area contributed by atoms with E-state index in [0.29, 0.717) is 6.04 Å². The first kappa shape index (κ1) is 13.3. The van der Waals surface area contributed by atoms with Crippen molar-refractivity contribution in [3.8, 4) is 0 Å². The van der Waals surface area contributed by atoms with E-state index in [1.54, 1.807) is 0 Å². The Hall–Kier alpha value is 0.270. The molecule has 1 rings (SSSR count). The minimum absolute atomic E-state index is 0.689. The highest BCUT2D eigenvalue weighted by atomic mass is 32.2. The molecule has 0 spiro atoms. The summed E-state index contributed by atoms with van der Waals surface area (Å²) in [5, 5.41) is 3.67. The molecule has 1 fully saturated rings. The van der Waals surface area contributed by atoms with E-state index in [-0.39, 0.29) is 0 Å². The lowest BCUT2D eigenvalue weighted by atomic mass is 9.92. The zero-order valence-electron chi connectivity index (χ0n) is 10.5. The molecule has 0 radical (unpaired) electrons. The number of nitrogens with one attached hydrogen (secondary N) is 1. The molecule has 2 atom stereocenters. The molecule has 1 N–H and O–H groups in total. The van der Waals surface area contributed by atoms with Crippen molar-refractivity contribution in [3.63, 3.8) is 0 Å². The van der Waals surface area contributed by atoms with Gasteiger partial charge < -0.3 is 10.2 Å². The summed E-state index contributed by atoms with van der Waals surface area (Å²) in [5.41, 5.74) is 0. The minimum atomic E-state index is 0.689. The van der Waals surface area contributed by atoms with Crippen molar-refractivity contribution in [3.05, 3.63) is 0 Å². The fraction of sp³-hybridized carbons (Fsp3) is 1.00. The van der Waals surface area contributed by atoms with E-state index in [2.05, 4.69) is 30.4 Å². The van der Waals surface area contributed by atoms with Gasteiger partial charge in [0.2, 0.25) is 0 Å². The van der Waals surface area contributed by atoms with Gasteiger partial charge in [-0.05, 0) is 64.2 Å². The predicted octanol–water partition coefficient (Wildman–Crippen LogP) is 2.06. The second-order valence-electron chi connectivity index (χ2n) is 4.75. The first-order chi connectivity index (χ1) is 7.24. The van der Waals surface area contributed by atoms with Gasteiger partial charge in [0, 0.05) is 12.6 Å². The van der Waals surface area contributed by atoms with Gasteiger partial charge in [-0.1, -0.05) is 0 Å². The van der Waals surface area contributed by atoms with E-state index < -0.39 is 0 Å². The standard InChI is InChI=1S/C12H26N2S/c1-11(13-7-5-9-15-3)12-6-4-8-14(2)10-12/h11-13H,4-10H2,1-3H3. The highest BCUT2D eigenvalue weighted by molar-refractivity contribution is 7.98. The second kappa shape index (κ2) is 7.53. The van der Waals surface area contributed by atoms with E-state index in [4.69, 9.17) is 0 Å². The molecule has 0 bridgehead atoms. The number of hydrogen-bond donors (Lipinski definition) is 1. The molecular formula is C12H26N2S. The largest absolute Gasteiger partial charge is 0.314 e. The van der Waals surface area contributed by atoms with Crippen molar-refractivity contribution < 1.29 is 0 Å². The fourth-order valence-corrected chi connectivity index (χ4v) is 2.76. The van der Waals surface area contributed by atoms with Crippen molar-refractivity contribution >= 4 is 11.8 Å². The SMILES string of the molecule is CSCCCNC(C)C1CCCN(C)C1. The molecule has 0 aromatic heterocycles. The zero-order chi connectivity index (χ0) is 11.1. The third-order valence-electron chi connectivity index (χ3n) is 3.36. The maximum Gasteiger partial charge on any atom is 0.00792 e. The summed E-state index contributed by atoms with van der Waals surface area (Å²) in [6.07, 6.45) is 6.26. The van der Waals surface area contributed by atoms with Gasteiger partial charge in [0.25, 0.3) is 0 Å². The van der Waals surface area contributed by atoms with Crippen LogP contribution in [0.1, 0.15) is 26.2 Å². The Balaban J connectivity index is 2.12. The molecule has 15 heavy (non-hydrogen) atoms. The smallest absolute Gasteiger partial charge is 0.00792 e. The molecule has 1 saturated heterocycles. The van der Waals surface area contributed by atoms with Crippen LogP contribution in [0.25, 0.3) is 0 Å². The maximum atomic E-state index is 3.67. The minimum Gasteiger partial charge on any atom is -0.314 e. The summed E-state index contributed by atoms with van der Waals surface area (Å²) in [6.45, 7) is 6.09. The van der Waals surface area contributed by atoms with E-state index in [1.165, 1.54) is 44.6 Å². The van der Waals surface area contributed by atoms with Crippen molar-refractivity contribution in [1.29, 1.82) is 0 Å². The highest BCUT2D eigenvalue weighted by Gasteiger charge is 2.21. The van der Waals surface area contributed by atoms with Crippen LogP contribution in [0.3, 0.4) is 0 Å². The Morgan fingerprint density at radius 3 is 3.00 bits per heavy atom. The molecule has 1 aliphatic rings. The van der Waals surface area contributed by atoms with E-state index in [1.807, 2.05) is 11.8 Å². The van der Waals surface area contributed by atoms with Crippen LogP contribution < -0.4 is 5.32 Å². The Labute approximate surface area is 99.2 Å². The Kier molecular flexibility index (Phi) is 6.69. The predicted molar refractivity (Wildman–Crippen MR) is 70.7 cm³/mol. The lowest BCUT2D eigenvalue weighted by Gasteiger charge is -2.34. The fourth-order valence-electron chi connectivity index (χ4n) is 2.33. The summed E-state index contributed by atoms with van der Waals surface area (Å²) in [4.78, 5) is 2.47. The zero-order valence-corrected chi connectivity index (χ0v) is 11.3. The van der Waals surface area contributed by atoms with E-state index in [0.717, 1.165) is 5.92 Å². The molecule has 0 amide bonds. The van der Waals surface area contributed by atoms with Crippen molar-refractivity contribution in [2.24, 2.45) is 5.92 Å². The molecule has 0 aromatic rings. The summed E-state index contributed by atoms with van der Waals surface area (Å²) >= 11 is 1.94. The first-order valence-corrected chi connectivity index (χ1v) is 7.54. The number of piperidine rings is 1. The summed E-state index contributed by atoms with van der Waals surface area (Å²) in [5.74, 6) is 2.14. The highest BCUT2D eigenvalue weighted by Crippen LogP contribution is 2.18. The molecular weight excluding hydrogens is 204 g/mol. The number of thioether (sulfide) groups is 1. The second-order valence-corrected chi connectivity index (χ2v) is 5.74. The molecule has 1 heterocycles. The van der Waals surface area contributed by atoms with Gasteiger partial charge in [0.15, 0.2) is 0 Å². The van der Waals surface area contributed by atoms with Crippen LogP contribution in [-0.4, -0.2) is 49.6 Å².